The van der Waals surface area contributed by atoms with E-state index < -0.39 is 0 Å². The molecule has 0 radical (unpaired) electrons. The summed E-state index contributed by atoms with van der Waals surface area (Å²) >= 11 is 5.86. The lowest BCUT2D eigenvalue weighted by Gasteiger charge is -2.23. The van der Waals surface area contributed by atoms with Gasteiger partial charge in [-0.3, -0.25) is 0 Å². The third-order valence-electron chi connectivity index (χ3n) is 3.13. The highest BCUT2D eigenvalue weighted by Gasteiger charge is 2.28. The van der Waals surface area contributed by atoms with Gasteiger partial charge in [-0.25, -0.2) is 0 Å². The van der Waals surface area contributed by atoms with Crippen molar-refractivity contribution >= 4 is 17.3 Å². The smallest absolute Gasteiger partial charge is 0.0476 e. The summed E-state index contributed by atoms with van der Waals surface area (Å²) in [6.07, 6.45) is 2.70. The van der Waals surface area contributed by atoms with E-state index in [1.165, 1.54) is 29.7 Å². The predicted octanol–water partition coefficient (Wildman–Crippen LogP) is 3.72. The Hall–Kier alpha value is -0.690. The summed E-state index contributed by atoms with van der Waals surface area (Å²) in [5, 5.41) is 0. The van der Waals surface area contributed by atoms with Crippen LogP contribution in [0.25, 0.3) is 0 Å². The Kier molecular flexibility index (Phi) is 3.20. The average Bonchev–Trinajstić information content (AvgIpc) is 3.03. The molecular weight excluding hydrogens is 206 g/mol. The lowest BCUT2D eigenvalue weighted by Crippen LogP contribution is -2.24. The molecule has 0 heterocycles. The highest BCUT2D eigenvalue weighted by Crippen LogP contribution is 2.32. The van der Waals surface area contributed by atoms with Crippen LogP contribution in [0.5, 0.6) is 0 Å². The standard InChI is InChI=1S/C13H18ClN/c1-3-15(12-6-7-12)13-5-4-11(9-14)10(2)8-13/h4-5,8,12H,3,6-7,9H2,1-2H3. The van der Waals surface area contributed by atoms with Gasteiger partial charge in [0.15, 0.2) is 0 Å². The second kappa shape index (κ2) is 4.44. The molecule has 1 aromatic rings. The van der Waals surface area contributed by atoms with E-state index in [0.717, 1.165) is 12.6 Å². The first-order valence-electron chi connectivity index (χ1n) is 5.68. The third kappa shape index (κ3) is 2.28. The molecule has 0 aromatic heterocycles. The zero-order chi connectivity index (χ0) is 10.8. The van der Waals surface area contributed by atoms with E-state index in [4.69, 9.17) is 11.6 Å². The van der Waals surface area contributed by atoms with Crippen LogP contribution >= 0.6 is 11.6 Å². The molecule has 0 bridgehead atoms. The molecule has 82 valence electrons. The number of hydrogen-bond acceptors (Lipinski definition) is 1. The van der Waals surface area contributed by atoms with Crippen molar-refractivity contribution in [2.24, 2.45) is 0 Å². The van der Waals surface area contributed by atoms with Gasteiger partial charge in [-0.1, -0.05) is 6.07 Å². The fourth-order valence-corrected chi connectivity index (χ4v) is 2.35. The van der Waals surface area contributed by atoms with E-state index in [9.17, 15) is 0 Å². The van der Waals surface area contributed by atoms with Crippen molar-refractivity contribution in [3.05, 3.63) is 29.3 Å². The summed E-state index contributed by atoms with van der Waals surface area (Å²) in [6.45, 7) is 5.47. The van der Waals surface area contributed by atoms with Crippen LogP contribution < -0.4 is 4.90 Å². The Morgan fingerprint density at radius 1 is 1.40 bits per heavy atom. The first-order chi connectivity index (χ1) is 7.26. The topological polar surface area (TPSA) is 3.24 Å². The summed E-state index contributed by atoms with van der Waals surface area (Å²) in [7, 11) is 0. The Balaban J connectivity index is 2.23. The second-order valence-corrected chi connectivity index (χ2v) is 4.53. The molecule has 1 aromatic carbocycles. The molecular formula is C13H18ClN. The fraction of sp³-hybridized carbons (Fsp3) is 0.538. The number of benzene rings is 1. The molecule has 1 aliphatic carbocycles. The Bertz CT molecular complexity index is 344. The number of hydrogen-bond donors (Lipinski definition) is 0. The minimum atomic E-state index is 0.613. The van der Waals surface area contributed by atoms with Crippen molar-refractivity contribution in [1.82, 2.24) is 0 Å². The van der Waals surface area contributed by atoms with Gasteiger partial charge in [0, 0.05) is 24.2 Å². The maximum absolute atomic E-state index is 5.86. The predicted molar refractivity (Wildman–Crippen MR) is 66.8 cm³/mol. The van der Waals surface area contributed by atoms with Crippen molar-refractivity contribution in [3.8, 4) is 0 Å². The summed E-state index contributed by atoms with van der Waals surface area (Å²) < 4.78 is 0. The highest BCUT2D eigenvalue weighted by molar-refractivity contribution is 6.17. The van der Waals surface area contributed by atoms with Crippen LogP contribution in [0.1, 0.15) is 30.9 Å². The van der Waals surface area contributed by atoms with Crippen molar-refractivity contribution < 1.29 is 0 Å². The first kappa shape index (κ1) is 10.8. The molecule has 0 spiro atoms. The van der Waals surface area contributed by atoms with E-state index in [0.29, 0.717) is 5.88 Å². The lowest BCUT2D eigenvalue weighted by molar-refractivity contribution is 0.825. The average molecular weight is 224 g/mol. The van der Waals surface area contributed by atoms with Gasteiger partial charge in [0.05, 0.1) is 0 Å². The van der Waals surface area contributed by atoms with Crippen LogP contribution in [0.15, 0.2) is 18.2 Å². The molecule has 1 fully saturated rings. The zero-order valence-corrected chi connectivity index (χ0v) is 10.2. The van der Waals surface area contributed by atoms with Gasteiger partial charge in [-0.2, -0.15) is 0 Å². The Morgan fingerprint density at radius 2 is 2.13 bits per heavy atom. The van der Waals surface area contributed by atoms with Crippen molar-refractivity contribution in [2.75, 3.05) is 11.4 Å². The van der Waals surface area contributed by atoms with Gasteiger partial charge in [-0.15, -0.1) is 11.6 Å². The Labute approximate surface area is 97.0 Å². The number of rotatable bonds is 4. The fourth-order valence-electron chi connectivity index (χ4n) is 2.05. The molecule has 0 amide bonds. The van der Waals surface area contributed by atoms with E-state index in [2.05, 4.69) is 36.9 Å². The zero-order valence-electron chi connectivity index (χ0n) is 9.46. The highest BCUT2D eigenvalue weighted by atomic mass is 35.5. The van der Waals surface area contributed by atoms with Gasteiger partial charge in [0.1, 0.15) is 0 Å². The normalized spacial score (nSPS) is 15.4. The third-order valence-corrected chi connectivity index (χ3v) is 3.42. The minimum absolute atomic E-state index is 0.613. The maximum atomic E-state index is 5.86. The van der Waals surface area contributed by atoms with Gasteiger partial charge in [0.2, 0.25) is 0 Å². The number of nitrogens with zero attached hydrogens (tertiary/aromatic N) is 1. The van der Waals surface area contributed by atoms with Crippen molar-refractivity contribution in [1.29, 1.82) is 0 Å². The molecule has 1 saturated carbocycles. The molecule has 2 rings (SSSR count). The van der Waals surface area contributed by atoms with Crippen LogP contribution in [0.3, 0.4) is 0 Å². The summed E-state index contributed by atoms with van der Waals surface area (Å²) in [5.41, 5.74) is 3.90. The lowest BCUT2D eigenvalue weighted by atomic mass is 10.1. The minimum Gasteiger partial charge on any atom is -0.369 e. The molecule has 15 heavy (non-hydrogen) atoms. The van der Waals surface area contributed by atoms with Gasteiger partial charge in [-0.05, 0) is 49.9 Å². The van der Waals surface area contributed by atoms with Gasteiger partial charge in [0.25, 0.3) is 0 Å². The van der Waals surface area contributed by atoms with Crippen LogP contribution in [-0.2, 0) is 5.88 Å². The molecule has 1 nitrogen and oxygen atoms in total. The van der Waals surface area contributed by atoms with E-state index in [1.54, 1.807) is 0 Å². The van der Waals surface area contributed by atoms with Gasteiger partial charge >= 0.3 is 0 Å². The molecule has 0 unspecified atom stereocenters. The van der Waals surface area contributed by atoms with Crippen molar-refractivity contribution in [3.63, 3.8) is 0 Å². The monoisotopic (exact) mass is 223 g/mol. The number of halogens is 1. The molecule has 1 aliphatic rings. The molecule has 0 N–H and O–H groups in total. The Morgan fingerprint density at radius 3 is 2.60 bits per heavy atom. The summed E-state index contributed by atoms with van der Waals surface area (Å²) in [5.74, 6) is 0.613. The van der Waals surface area contributed by atoms with E-state index in [-0.39, 0.29) is 0 Å². The van der Waals surface area contributed by atoms with Gasteiger partial charge < -0.3 is 4.90 Å². The van der Waals surface area contributed by atoms with E-state index >= 15 is 0 Å². The van der Waals surface area contributed by atoms with E-state index in [1.807, 2.05) is 0 Å². The summed E-state index contributed by atoms with van der Waals surface area (Å²) in [4.78, 5) is 2.49. The van der Waals surface area contributed by atoms with Crippen LogP contribution in [0.4, 0.5) is 5.69 Å². The number of aryl methyl sites for hydroxylation is 1. The summed E-state index contributed by atoms with van der Waals surface area (Å²) in [6, 6.07) is 7.41. The largest absolute Gasteiger partial charge is 0.369 e. The SMILES string of the molecule is CCN(c1ccc(CCl)c(C)c1)C1CC1. The molecule has 0 atom stereocenters. The first-order valence-corrected chi connectivity index (χ1v) is 6.22. The molecule has 0 saturated heterocycles. The molecule has 2 heteroatoms. The van der Waals surface area contributed by atoms with Crippen molar-refractivity contribution in [2.45, 2.75) is 38.6 Å². The maximum Gasteiger partial charge on any atom is 0.0476 e. The second-order valence-electron chi connectivity index (χ2n) is 4.26. The number of alkyl halides is 1. The quantitative estimate of drug-likeness (QED) is 0.704. The molecule has 0 aliphatic heterocycles. The van der Waals surface area contributed by atoms with Crippen LogP contribution in [0, 0.1) is 6.92 Å². The number of anilines is 1. The van der Waals surface area contributed by atoms with Crippen LogP contribution in [0.2, 0.25) is 0 Å². The van der Waals surface area contributed by atoms with Crippen LogP contribution in [-0.4, -0.2) is 12.6 Å².